The monoisotopic (exact) mass is 505 g/mol. The predicted molar refractivity (Wildman–Crippen MR) is 133 cm³/mol. The second-order valence-corrected chi connectivity index (χ2v) is 9.45. The van der Waals surface area contributed by atoms with E-state index >= 15 is 0 Å². The number of carboxylic acids is 2. The van der Waals surface area contributed by atoms with E-state index in [1.54, 1.807) is 4.90 Å². The van der Waals surface area contributed by atoms with Crippen molar-refractivity contribution in [2.75, 3.05) is 72.0 Å². The van der Waals surface area contributed by atoms with Crippen LogP contribution in [-0.2, 0) is 20.8 Å². The van der Waals surface area contributed by atoms with Gasteiger partial charge in [0, 0.05) is 56.8 Å². The molecule has 1 atom stereocenters. The number of rotatable bonds is 10. The fourth-order valence-corrected chi connectivity index (χ4v) is 4.72. The summed E-state index contributed by atoms with van der Waals surface area (Å²) in [7, 11) is 0. The quantitative estimate of drug-likeness (QED) is 0.266. The van der Waals surface area contributed by atoms with Crippen molar-refractivity contribution in [2.45, 2.75) is 24.3 Å². The molecular formula is C24H35N5O5S. The van der Waals surface area contributed by atoms with Crippen molar-refractivity contribution in [2.24, 2.45) is 0 Å². The van der Waals surface area contributed by atoms with Crippen LogP contribution in [-0.4, -0.2) is 126 Å². The van der Waals surface area contributed by atoms with E-state index < -0.39 is 11.9 Å². The SMILES string of the molecule is CCN1CCN(CC(=O)O)CCN(CC(=O)O)CCN(CC=O)CC1Cc1ccc(SC#N)cc1. The lowest BCUT2D eigenvalue weighted by Crippen LogP contribution is -2.52. The largest absolute Gasteiger partial charge is 0.480 e. The third-order valence-corrected chi connectivity index (χ3v) is 6.77. The second-order valence-electron chi connectivity index (χ2n) is 8.59. The summed E-state index contributed by atoms with van der Waals surface area (Å²) in [5, 5.41) is 29.6. The van der Waals surface area contributed by atoms with Crippen molar-refractivity contribution in [3.63, 3.8) is 0 Å². The molecule has 192 valence electrons. The normalized spacial score (nSPS) is 19.8. The lowest BCUT2D eigenvalue weighted by Gasteiger charge is -2.37. The first-order valence-corrected chi connectivity index (χ1v) is 12.6. The van der Waals surface area contributed by atoms with Crippen LogP contribution in [0.3, 0.4) is 0 Å². The van der Waals surface area contributed by atoms with E-state index in [9.17, 15) is 24.6 Å². The lowest BCUT2D eigenvalue weighted by atomic mass is 10.0. The lowest BCUT2D eigenvalue weighted by molar-refractivity contribution is -0.140. The number of hydrogen-bond donors (Lipinski definition) is 2. The van der Waals surface area contributed by atoms with E-state index in [1.165, 1.54) is 0 Å². The molecule has 1 unspecified atom stereocenters. The number of hydrogen-bond acceptors (Lipinski definition) is 9. The van der Waals surface area contributed by atoms with Gasteiger partial charge in [0.1, 0.15) is 11.7 Å². The minimum atomic E-state index is -0.933. The van der Waals surface area contributed by atoms with Gasteiger partial charge >= 0.3 is 11.9 Å². The van der Waals surface area contributed by atoms with Crippen LogP contribution in [0.4, 0.5) is 0 Å². The molecule has 2 N–H and O–H groups in total. The first-order valence-electron chi connectivity index (χ1n) is 11.8. The van der Waals surface area contributed by atoms with Crippen LogP contribution in [0.25, 0.3) is 0 Å². The molecule has 11 heteroatoms. The Labute approximate surface area is 211 Å². The zero-order valence-corrected chi connectivity index (χ0v) is 21.0. The van der Waals surface area contributed by atoms with Crippen molar-refractivity contribution in [1.29, 1.82) is 5.26 Å². The molecule has 0 spiro atoms. The van der Waals surface area contributed by atoms with Gasteiger partial charge in [-0.1, -0.05) is 19.1 Å². The van der Waals surface area contributed by atoms with Gasteiger partial charge < -0.3 is 15.0 Å². The maximum atomic E-state index is 11.4. The topological polar surface area (TPSA) is 128 Å². The highest BCUT2D eigenvalue weighted by Crippen LogP contribution is 2.19. The molecule has 1 saturated heterocycles. The Balaban J connectivity index is 2.27. The molecule has 1 aromatic carbocycles. The summed E-state index contributed by atoms with van der Waals surface area (Å²) in [5.41, 5.74) is 1.11. The molecule has 1 aromatic rings. The molecule has 1 aliphatic rings. The summed E-state index contributed by atoms with van der Waals surface area (Å²) in [4.78, 5) is 43.1. The van der Waals surface area contributed by atoms with Crippen LogP contribution < -0.4 is 0 Å². The first kappa shape index (κ1) is 28.7. The number of aldehydes is 1. The zero-order valence-electron chi connectivity index (χ0n) is 20.2. The van der Waals surface area contributed by atoms with Crippen molar-refractivity contribution in [3.8, 4) is 5.40 Å². The molecule has 35 heavy (non-hydrogen) atoms. The van der Waals surface area contributed by atoms with E-state index in [0.717, 1.165) is 41.5 Å². The molecule has 0 aliphatic carbocycles. The highest BCUT2D eigenvalue weighted by atomic mass is 32.2. The van der Waals surface area contributed by atoms with Crippen molar-refractivity contribution < 1.29 is 24.6 Å². The number of aliphatic carboxylic acids is 2. The highest BCUT2D eigenvalue weighted by molar-refractivity contribution is 8.03. The van der Waals surface area contributed by atoms with Crippen LogP contribution in [0.2, 0.25) is 0 Å². The summed E-state index contributed by atoms with van der Waals surface area (Å²) in [6, 6.07) is 7.96. The Bertz CT molecular complexity index is 863. The maximum Gasteiger partial charge on any atom is 0.317 e. The van der Waals surface area contributed by atoms with E-state index in [-0.39, 0.29) is 25.7 Å². The molecule has 0 bridgehead atoms. The summed E-state index contributed by atoms with van der Waals surface area (Å²) < 4.78 is 0. The first-order chi connectivity index (χ1) is 16.8. The Hall–Kier alpha value is -2.49. The van der Waals surface area contributed by atoms with Gasteiger partial charge in [-0.25, -0.2) is 0 Å². The smallest absolute Gasteiger partial charge is 0.317 e. The van der Waals surface area contributed by atoms with E-state index in [0.29, 0.717) is 45.8 Å². The third kappa shape index (κ3) is 10.8. The molecule has 0 saturated carbocycles. The van der Waals surface area contributed by atoms with Gasteiger partial charge in [-0.2, -0.15) is 5.26 Å². The van der Waals surface area contributed by atoms with Crippen molar-refractivity contribution in [3.05, 3.63) is 29.8 Å². The maximum absolute atomic E-state index is 11.4. The summed E-state index contributed by atoms with van der Waals surface area (Å²) in [5.74, 6) is -1.84. The van der Waals surface area contributed by atoms with Gasteiger partial charge in [0.05, 0.1) is 19.6 Å². The average Bonchev–Trinajstić information content (AvgIpc) is 2.80. The molecule has 1 aliphatic heterocycles. The van der Waals surface area contributed by atoms with Crippen molar-refractivity contribution >= 4 is 30.0 Å². The molecular weight excluding hydrogens is 470 g/mol. The minimum Gasteiger partial charge on any atom is -0.480 e. The molecule has 1 heterocycles. The number of carboxylic acid groups (broad SMARTS) is 2. The minimum absolute atomic E-state index is 0.0773. The van der Waals surface area contributed by atoms with Crippen LogP contribution >= 0.6 is 11.8 Å². The summed E-state index contributed by atoms with van der Waals surface area (Å²) in [6.07, 6.45) is 1.61. The second kappa shape index (κ2) is 15.5. The fourth-order valence-electron chi connectivity index (χ4n) is 4.34. The van der Waals surface area contributed by atoms with Gasteiger partial charge in [0.25, 0.3) is 0 Å². The Morgan fingerprint density at radius 3 is 2.03 bits per heavy atom. The van der Waals surface area contributed by atoms with Crippen LogP contribution in [0, 0.1) is 10.7 Å². The molecule has 0 aromatic heterocycles. The number of likely N-dealkylation sites (N-methyl/N-ethyl adjacent to an activating group) is 1. The van der Waals surface area contributed by atoms with Gasteiger partial charge in [0.15, 0.2) is 0 Å². The van der Waals surface area contributed by atoms with Gasteiger partial charge in [-0.15, -0.1) is 0 Å². The number of nitriles is 1. The predicted octanol–water partition coefficient (Wildman–Crippen LogP) is 0.780. The van der Waals surface area contributed by atoms with Gasteiger partial charge in [-0.05, 0) is 42.4 Å². The molecule has 2 rings (SSSR count). The van der Waals surface area contributed by atoms with E-state index in [1.807, 2.05) is 29.2 Å². The average molecular weight is 506 g/mol. The van der Waals surface area contributed by atoms with Crippen molar-refractivity contribution in [1.82, 2.24) is 19.6 Å². The third-order valence-electron chi connectivity index (χ3n) is 6.17. The zero-order chi connectivity index (χ0) is 25.6. The Morgan fingerprint density at radius 1 is 1.00 bits per heavy atom. The highest BCUT2D eigenvalue weighted by Gasteiger charge is 2.24. The fraction of sp³-hybridized carbons (Fsp3) is 0.583. The molecule has 1 fully saturated rings. The molecule has 10 nitrogen and oxygen atoms in total. The number of thioether (sulfide) groups is 1. The van der Waals surface area contributed by atoms with Crippen LogP contribution in [0.5, 0.6) is 0 Å². The Morgan fingerprint density at radius 2 is 1.54 bits per heavy atom. The standard InChI is InChI=1S/C24H35N5O5S/c1-2-29-12-11-27(18-24(33)34)8-7-26(17-23(31)32)9-10-28(13-14-30)16-21(29)15-20-3-5-22(6-4-20)35-19-25/h3-6,14,21H,2,7-13,15-18H2,1H3,(H,31,32)(H,33,34). The van der Waals surface area contributed by atoms with Crippen LogP contribution in [0.15, 0.2) is 29.2 Å². The number of nitrogens with zero attached hydrogens (tertiary/aromatic N) is 5. The van der Waals surface area contributed by atoms with E-state index in [2.05, 4.69) is 22.1 Å². The summed E-state index contributed by atoms with van der Waals surface area (Å²) in [6.45, 7) is 6.61. The number of thiocyanates is 1. The van der Waals surface area contributed by atoms with Gasteiger partial charge in [0.2, 0.25) is 0 Å². The number of carbonyl (C=O) groups is 3. The molecule has 0 radical (unpaired) electrons. The van der Waals surface area contributed by atoms with E-state index in [4.69, 9.17) is 5.26 Å². The number of benzene rings is 1. The Kier molecular flexibility index (Phi) is 12.7. The van der Waals surface area contributed by atoms with Gasteiger partial charge in [-0.3, -0.25) is 29.2 Å². The van der Waals surface area contributed by atoms with Crippen LogP contribution in [0.1, 0.15) is 12.5 Å². The number of carbonyl (C=O) groups excluding carboxylic acids is 1. The molecule has 0 amide bonds. The summed E-state index contributed by atoms with van der Waals surface area (Å²) >= 11 is 1.12.